The van der Waals surface area contributed by atoms with Crippen molar-refractivity contribution in [3.63, 3.8) is 0 Å². The van der Waals surface area contributed by atoms with Crippen LogP contribution in [0.15, 0.2) is 11.8 Å². The van der Waals surface area contributed by atoms with E-state index in [1.807, 2.05) is 0 Å². The summed E-state index contributed by atoms with van der Waals surface area (Å²) in [6, 6.07) is 0. The third-order valence-corrected chi connectivity index (χ3v) is 2.05. The summed E-state index contributed by atoms with van der Waals surface area (Å²) in [5.74, 6) is 0. The standard InChI is InChI=1S/C9H17N.ClH/c1-3-6-10-7-5-9(4-2)8-10;/h8H,3-7H2,1-2H3;1H. The fraction of sp³-hybridized carbons (Fsp3) is 0.778. The molecule has 66 valence electrons. The Morgan fingerprint density at radius 1 is 1.45 bits per heavy atom. The molecule has 1 nitrogen and oxygen atoms in total. The van der Waals surface area contributed by atoms with Crippen molar-refractivity contribution < 1.29 is 0 Å². The molecule has 1 heterocycles. The number of hydrogen-bond acceptors (Lipinski definition) is 1. The van der Waals surface area contributed by atoms with Crippen LogP contribution in [-0.4, -0.2) is 18.0 Å². The monoisotopic (exact) mass is 175 g/mol. The quantitative estimate of drug-likeness (QED) is 0.638. The van der Waals surface area contributed by atoms with Gasteiger partial charge in [-0.05, 0) is 25.5 Å². The van der Waals surface area contributed by atoms with Gasteiger partial charge in [0.15, 0.2) is 0 Å². The van der Waals surface area contributed by atoms with E-state index < -0.39 is 0 Å². The molecule has 0 N–H and O–H groups in total. The highest BCUT2D eigenvalue weighted by Crippen LogP contribution is 2.16. The molecule has 0 aromatic carbocycles. The molecule has 0 unspecified atom stereocenters. The summed E-state index contributed by atoms with van der Waals surface area (Å²) in [5, 5.41) is 0. The van der Waals surface area contributed by atoms with Gasteiger partial charge in [-0.3, -0.25) is 0 Å². The summed E-state index contributed by atoms with van der Waals surface area (Å²) in [5.41, 5.74) is 1.62. The summed E-state index contributed by atoms with van der Waals surface area (Å²) >= 11 is 0. The number of halogens is 1. The molecule has 2 heteroatoms. The normalized spacial score (nSPS) is 16.2. The molecule has 0 saturated heterocycles. The van der Waals surface area contributed by atoms with Crippen LogP contribution in [0.1, 0.15) is 33.1 Å². The smallest absolute Gasteiger partial charge is 0.0210 e. The first-order valence-electron chi connectivity index (χ1n) is 4.30. The van der Waals surface area contributed by atoms with Crippen LogP contribution in [0.4, 0.5) is 0 Å². The highest BCUT2D eigenvalue weighted by atomic mass is 35.5. The van der Waals surface area contributed by atoms with Crippen LogP contribution in [0.3, 0.4) is 0 Å². The summed E-state index contributed by atoms with van der Waals surface area (Å²) in [6.45, 7) is 6.97. The van der Waals surface area contributed by atoms with Gasteiger partial charge in [0.05, 0.1) is 0 Å². The first-order valence-corrected chi connectivity index (χ1v) is 4.30. The lowest BCUT2D eigenvalue weighted by Gasteiger charge is -2.12. The average molecular weight is 176 g/mol. The second-order valence-corrected chi connectivity index (χ2v) is 2.93. The fourth-order valence-electron chi connectivity index (χ4n) is 1.41. The molecular formula is C9H18ClN. The molecule has 1 aliphatic heterocycles. The predicted octanol–water partition coefficient (Wildman–Crippen LogP) is 2.82. The predicted molar refractivity (Wildman–Crippen MR) is 52.1 cm³/mol. The van der Waals surface area contributed by atoms with E-state index in [2.05, 4.69) is 24.9 Å². The van der Waals surface area contributed by atoms with E-state index in [-0.39, 0.29) is 12.4 Å². The minimum atomic E-state index is 0. The largest absolute Gasteiger partial charge is 0.377 e. The van der Waals surface area contributed by atoms with Gasteiger partial charge in [-0.15, -0.1) is 12.4 Å². The Hall–Kier alpha value is -0.170. The SMILES string of the molecule is CCCN1C=C(CC)CC1.Cl. The van der Waals surface area contributed by atoms with Gasteiger partial charge in [-0.1, -0.05) is 19.4 Å². The molecule has 0 amide bonds. The van der Waals surface area contributed by atoms with Crippen LogP contribution < -0.4 is 0 Å². The van der Waals surface area contributed by atoms with Crippen molar-refractivity contribution in [3.8, 4) is 0 Å². The van der Waals surface area contributed by atoms with Gasteiger partial charge in [-0.25, -0.2) is 0 Å². The van der Waals surface area contributed by atoms with E-state index in [1.54, 1.807) is 5.57 Å². The van der Waals surface area contributed by atoms with Crippen molar-refractivity contribution in [2.24, 2.45) is 0 Å². The summed E-state index contributed by atoms with van der Waals surface area (Å²) in [7, 11) is 0. The van der Waals surface area contributed by atoms with Crippen LogP contribution in [0.25, 0.3) is 0 Å². The molecular weight excluding hydrogens is 158 g/mol. The van der Waals surface area contributed by atoms with Gasteiger partial charge in [-0.2, -0.15) is 0 Å². The number of rotatable bonds is 3. The number of hydrogen-bond donors (Lipinski definition) is 0. The van der Waals surface area contributed by atoms with E-state index >= 15 is 0 Å². The van der Waals surface area contributed by atoms with Crippen molar-refractivity contribution in [1.29, 1.82) is 0 Å². The van der Waals surface area contributed by atoms with Crippen molar-refractivity contribution in [1.82, 2.24) is 4.90 Å². The van der Waals surface area contributed by atoms with Crippen molar-refractivity contribution in [2.45, 2.75) is 33.1 Å². The second kappa shape index (κ2) is 5.48. The van der Waals surface area contributed by atoms with Gasteiger partial charge in [0.25, 0.3) is 0 Å². The molecule has 1 rings (SSSR count). The van der Waals surface area contributed by atoms with Gasteiger partial charge in [0.1, 0.15) is 0 Å². The molecule has 0 aromatic rings. The van der Waals surface area contributed by atoms with Gasteiger partial charge in [0.2, 0.25) is 0 Å². The molecule has 0 saturated carbocycles. The van der Waals surface area contributed by atoms with Crippen LogP contribution in [0.2, 0.25) is 0 Å². The zero-order chi connectivity index (χ0) is 7.40. The van der Waals surface area contributed by atoms with E-state index in [0.717, 1.165) is 0 Å². The lowest BCUT2D eigenvalue weighted by atomic mass is 10.2. The van der Waals surface area contributed by atoms with Crippen molar-refractivity contribution in [3.05, 3.63) is 11.8 Å². The maximum absolute atomic E-state index is 2.43. The molecule has 0 fully saturated rings. The summed E-state index contributed by atoms with van der Waals surface area (Å²) in [6.07, 6.45) is 6.15. The second-order valence-electron chi connectivity index (χ2n) is 2.93. The first kappa shape index (κ1) is 10.8. The maximum Gasteiger partial charge on any atom is 0.0210 e. The fourth-order valence-corrected chi connectivity index (χ4v) is 1.41. The molecule has 0 bridgehead atoms. The van der Waals surface area contributed by atoms with E-state index in [0.29, 0.717) is 0 Å². The summed E-state index contributed by atoms with van der Waals surface area (Å²) in [4.78, 5) is 2.43. The minimum absolute atomic E-state index is 0. The van der Waals surface area contributed by atoms with Crippen LogP contribution in [-0.2, 0) is 0 Å². The molecule has 0 aliphatic carbocycles. The van der Waals surface area contributed by atoms with Gasteiger partial charge in [0, 0.05) is 13.1 Å². The van der Waals surface area contributed by atoms with E-state index in [9.17, 15) is 0 Å². The van der Waals surface area contributed by atoms with Crippen LogP contribution in [0.5, 0.6) is 0 Å². The van der Waals surface area contributed by atoms with Crippen LogP contribution >= 0.6 is 12.4 Å². The Morgan fingerprint density at radius 2 is 2.18 bits per heavy atom. The zero-order valence-electron chi connectivity index (χ0n) is 7.47. The molecule has 1 aliphatic rings. The average Bonchev–Trinajstić information content (AvgIpc) is 2.37. The topological polar surface area (TPSA) is 3.24 Å². The van der Waals surface area contributed by atoms with Crippen molar-refractivity contribution >= 4 is 12.4 Å². The lowest BCUT2D eigenvalue weighted by molar-refractivity contribution is 0.406. The van der Waals surface area contributed by atoms with Gasteiger partial charge >= 0.3 is 0 Å². The molecule has 0 aromatic heterocycles. The Morgan fingerprint density at radius 3 is 2.64 bits per heavy atom. The minimum Gasteiger partial charge on any atom is -0.377 e. The van der Waals surface area contributed by atoms with E-state index in [4.69, 9.17) is 0 Å². The Labute approximate surface area is 75.9 Å². The Balaban J connectivity index is 0.000001000. The third kappa shape index (κ3) is 3.15. The highest BCUT2D eigenvalue weighted by molar-refractivity contribution is 5.85. The molecule has 0 atom stereocenters. The van der Waals surface area contributed by atoms with Crippen molar-refractivity contribution in [2.75, 3.05) is 13.1 Å². The lowest BCUT2D eigenvalue weighted by Crippen LogP contribution is -2.14. The first-order chi connectivity index (χ1) is 4.86. The highest BCUT2D eigenvalue weighted by Gasteiger charge is 2.08. The third-order valence-electron chi connectivity index (χ3n) is 2.05. The molecule has 11 heavy (non-hydrogen) atoms. The molecule has 0 radical (unpaired) electrons. The van der Waals surface area contributed by atoms with E-state index in [1.165, 1.54) is 32.4 Å². The Kier molecular flexibility index (Phi) is 5.39. The van der Waals surface area contributed by atoms with Gasteiger partial charge < -0.3 is 4.90 Å². The zero-order valence-corrected chi connectivity index (χ0v) is 8.28. The Bertz CT molecular complexity index is 132. The summed E-state index contributed by atoms with van der Waals surface area (Å²) < 4.78 is 0. The number of nitrogens with zero attached hydrogens (tertiary/aromatic N) is 1. The maximum atomic E-state index is 2.43. The molecule has 0 spiro atoms. The van der Waals surface area contributed by atoms with Crippen LogP contribution in [0, 0.1) is 0 Å².